The smallest absolute Gasteiger partial charge is 0.411 e. The number of methoxy groups -OCH3 is 1. The van der Waals surface area contributed by atoms with Crippen molar-refractivity contribution in [2.75, 3.05) is 13.7 Å². The summed E-state index contributed by atoms with van der Waals surface area (Å²) in [5.74, 6) is -0.339. The molecule has 0 saturated heterocycles. The Morgan fingerprint density at radius 2 is 1.86 bits per heavy atom. The standard InChI is InChI=1S/C23H29NO5/c1-14(25)20-12-19(13-24(20)22(27)29-23(2,3)4)17-7-6-16-11-18(21(26)28-5)9-8-15(16)10-17/h6-7,10,12,18,20H,8-9,11,13H2,1-5H3/t18-,20-/m0/s1. The Kier molecular flexibility index (Phi) is 5.82. The molecule has 6 nitrogen and oxygen atoms in total. The predicted octanol–water partition coefficient (Wildman–Crippen LogP) is 3.56. The molecule has 3 rings (SSSR count). The minimum atomic E-state index is -0.622. The molecule has 0 saturated carbocycles. The number of carbonyl (C=O) groups excluding carboxylic acids is 3. The van der Waals surface area contributed by atoms with E-state index in [0.29, 0.717) is 13.0 Å². The highest BCUT2D eigenvalue weighted by molar-refractivity contribution is 5.93. The number of benzene rings is 1. The van der Waals surface area contributed by atoms with Gasteiger partial charge in [0, 0.05) is 0 Å². The van der Waals surface area contributed by atoms with Crippen molar-refractivity contribution in [3.63, 3.8) is 0 Å². The molecular weight excluding hydrogens is 370 g/mol. The molecule has 0 fully saturated rings. The van der Waals surface area contributed by atoms with Crippen LogP contribution < -0.4 is 0 Å². The summed E-state index contributed by atoms with van der Waals surface area (Å²) in [4.78, 5) is 38.0. The zero-order valence-electron chi connectivity index (χ0n) is 17.8. The summed E-state index contributed by atoms with van der Waals surface area (Å²) in [6, 6.07) is 5.55. The highest BCUT2D eigenvalue weighted by atomic mass is 16.6. The second kappa shape index (κ2) is 8.01. The van der Waals surface area contributed by atoms with Gasteiger partial charge in [-0.1, -0.05) is 18.2 Å². The molecule has 156 valence electrons. The summed E-state index contributed by atoms with van der Waals surface area (Å²) in [6.45, 7) is 7.25. The quantitative estimate of drug-likeness (QED) is 0.727. The predicted molar refractivity (Wildman–Crippen MR) is 109 cm³/mol. The number of nitrogens with zero attached hydrogens (tertiary/aromatic N) is 1. The van der Waals surface area contributed by atoms with Gasteiger partial charge < -0.3 is 9.47 Å². The minimum absolute atomic E-state index is 0.0891. The molecule has 0 aromatic heterocycles. The molecule has 0 radical (unpaired) electrons. The van der Waals surface area contributed by atoms with Gasteiger partial charge in [0.15, 0.2) is 5.78 Å². The number of fused-ring (bicyclic) bond motifs is 1. The van der Waals surface area contributed by atoms with Gasteiger partial charge in [-0.15, -0.1) is 0 Å². The Labute approximate surface area is 171 Å². The van der Waals surface area contributed by atoms with E-state index in [2.05, 4.69) is 6.07 Å². The molecule has 2 aliphatic rings. The van der Waals surface area contributed by atoms with Crippen molar-refractivity contribution >= 4 is 23.4 Å². The van der Waals surface area contributed by atoms with E-state index in [1.165, 1.54) is 24.5 Å². The number of esters is 1. The molecule has 1 aromatic carbocycles. The molecule has 1 aliphatic heterocycles. The van der Waals surface area contributed by atoms with Crippen LogP contribution in [-0.2, 0) is 31.9 Å². The molecule has 1 amide bonds. The van der Waals surface area contributed by atoms with E-state index in [4.69, 9.17) is 9.47 Å². The first-order valence-corrected chi connectivity index (χ1v) is 10.00. The number of Topliss-reactive ketones (excluding diaryl/α,β-unsaturated/α-hetero) is 1. The Bertz CT molecular complexity index is 865. The second-order valence-electron chi connectivity index (χ2n) is 8.80. The van der Waals surface area contributed by atoms with Crippen LogP contribution in [-0.4, -0.2) is 48.0 Å². The second-order valence-corrected chi connectivity index (χ2v) is 8.80. The lowest BCUT2D eigenvalue weighted by Crippen LogP contribution is -2.43. The summed E-state index contributed by atoms with van der Waals surface area (Å²) in [6.07, 6.45) is 3.63. The van der Waals surface area contributed by atoms with Crippen LogP contribution in [0, 0.1) is 5.92 Å². The third kappa shape index (κ3) is 4.69. The van der Waals surface area contributed by atoms with Crippen LogP contribution >= 0.6 is 0 Å². The summed E-state index contributed by atoms with van der Waals surface area (Å²) >= 11 is 0. The van der Waals surface area contributed by atoms with Gasteiger partial charge in [0.1, 0.15) is 11.6 Å². The molecule has 6 heteroatoms. The van der Waals surface area contributed by atoms with Crippen molar-refractivity contribution in [2.24, 2.45) is 5.92 Å². The van der Waals surface area contributed by atoms with Gasteiger partial charge in [0.2, 0.25) is 0 Å². The fraction of sp³-hybridized carbons (Fsp3) is 0.522. The topological polar surface area (TPSA) is 72.9 Å². The first-order valence-electron chi connectivity index (χ1n) is 10.00. The largest absolute Gasteiger partial charge is 0.469 e. The number of amides is 1. The molecule has 1 aliphatic carbocycles. The van der Waals surface area contributed by atoms with Gasteiger partial charge in [-0.25, -0.2) is 4.79 Å². The number of ether oxygens (including phenoxy) is 2. The normalized spacial score (nSPS) is 21.3. The number of aryl methyl sites for hydroxylation is 1. The summed E-state index contributed by atoms with van der Waals surface area (Å²) in [5.41, 5.74) is 3.68. The van der Waals surface area contributed by atoms with Crippen LogP contribution in [0.15, 0.2) is 24.3 Å². The lowest BCUT2D eigenvalue weighted by Gasteiger charge is -2.27. The van der Waals surface area contributed by atoms with Crippen molar-refractivity contribution in [2.45, 2.75) is 58.6 Å². The van der Waals surface area contributed by atoms with E-state index in [1.807, 2.05) is 39.0 Å². The third-order valence-corrected chi connectivity index (χ3v) is 5.42. The molecule has 0 spiro atoms. The lowest BCUT2D eigenvalue weighted by atomic mass is 9.82. The van der Waals surface area contributed by atoms with Crippen LogP contribution in [0.4, 0.5) is 4.79 Å². The molecule has 1 aromatic rings. The fourth-order valence-corrected chi connectivity index (χ4v) is 3.96. The molecule has 0 N–H and O–H groups in total. The van der Waals surface area contributed by atoms with Crippen molar-refractivity contribution < 1.29 is 23.9 Å². The van der Waals surface area contributed by atoms with Crippen molar-refractivity contribution in [1.29, 1.82) is 0 Å². The summed E-state index contributed by atoms with van der Waals surface area (Å²) < 4.78 is 10.4. The maximum absolute atomic E-state index is 12.6. The molecular formula is C23H29NO5. The average Bonchev–Trinajstić information content (AvgIpc) is 3.11. The Morgan fingerprint density at radius 3 is 2.48 bits per heavy atom. The number of rotatable bonds is 3. The van der Waals surface area contributed by atoms with Gasteiger partial charge in [-0.05, 0) is 75.3 Å². The van der Waals surface area contributed by atoms with Crippen molar-refractivity contribution in [3.05, 3.63) is 41.0 Å². The Hall–Kier alpha value is -2.63. The van der Waals surface area contributed by atoms with Gasteiger partial charge in [-0.2, -0.15) is 0 Å². The zero-order chi connectivity index (χ0) is 21.3. The number of hydrogen-bond donors (Lipinski definition) is 0. The maximum atomic E-state index is 12.6. The third-order valence-electron chi connectivity index (χ3n) is 5.42. The molecule has 0 bridgehead atoms. The maximum Gasteiger partial charge on any atom is 0.411 e. The zero-order valence-corrected chi connectivity index (χ0v) is 17.8. The number of carbonyl (C=O) groups is 3. The highest BCUT2D eigenvalue weighted by Gasteiger charge is 2.35. The van der Waals surface area contributed by atoms with Crippen molar-refractivity contribution in [3.8, 4) is 0 Å². The molecule has 2 atom stereocenters. The Morgan fingerprint density at radius 1 is 1.14 bits per heavy atom. The van der Waals surface area contributed by atoms with E-state index in [-0.39, 0.29) is 17.7 Å². The number of hydrogen-bond acceptors (Lipinski definition) is 5. The van der Waals surface area contributed by atoms with Gasteiger partial charge in [0.25, 0.3) is 0 Å². The monoisotopic (exact) mass is 399 g/mol. The highest BCUT2D eigenvalue weighted by Crippen LogP contribution is 2.32. The van der Waals surface area contributed by atoms with Crippen LogP contribution in [0.3, 0.4) is 0 Å². The fourth-order valence-electron chi connectivity index (χ4n) is 3.96. The molecule has 1 heterocycles. The van der Waals surface area contributed by atoms with E-state index in [1.54, 1.807) is 0 Å². The SMILES string of the molecule is COC(=O)[C@H]1CCc2cc(C3=C[C@@H](C(C)=O)N(C(=O)OC(C)(C)C)C3)ccc2C1. The first kappa shape index (κ1) is 21.1. The number of ketones is 1. The summed E-state index contributed by atoms with van der Waals surface area (Å²) in [5, 5.41) is 0. The first-order chi connectivity index (χ1) is 13.6. The van der Waals surface area contributed by atoms with Crippen LogP contribution in [0.5, 0.6) is 0 Å². The molecule has 29 heavy (non-hydrogen) atoms. The van der Waals surface area contributed by atoms with Crippen LogP contribution in [0.2, 0.25) is 0 Å². The van der Waals surface area contributed by atoms with E-state index < -0.39 is 17.7 Å². The van der Waals surface area contributed by atoms with Crippen LogP contribution in [0.1, 0.15) is 50.8 Å². The van der Waals surface area contributed by atoms with E-state index >= 15 is 0 Å². The van der Waals surface area contributed by atoms with Gasteiger partial charge in [0.05, 0.1) is 19.6 Å². The van der Waals surface area contributed by atoms with E-state index in [9.17, 15) is 14.4 Å². The average molecular weight is 399 g/mol. The lowest BCUT2D eigenvalue weighted by molar-refractivity contribution is -0.145. The van der Waals surface area contributed by atoms with Gasteiger partial charge >= 0.3 is 12.1 Å². The van der Waals surface area contributed by atoms with Gasteiger partial charge in [-0.3, -0.25) is 14.5 Å². The Balaban J connectivity index is 1.81. The van der Waals surface area contributed by atoms with Crippen molar-refractivity contribution in [1.82, 2.24) is 4.90 Å². The minimum Gasteiger partial charge on any atom is -0.469 e. The van der Waals surface area contributed by atoms with E-state index in [0.717, 1.165) is 29.5 Å². The summed E-state index contributed by atoms with van der Waals surface area (Å²) in [7, 11) is 1.43. The van der Waals surface area contributed by atoms with Crippen LogP contribution in [0.25, 0.3) is 5.57 Å². The molecule has 0 unspecified atom stereocenters.